The summed E-state index contributed by atoms with van der Waals surface area (Å²) in [6.45, 7) is 1.85. The highest BCUT2D eigenvalue weighted by molar-refractivity contribution is 6.34. The predicted octanol–water partition coefficient (Wildman–Crippen LogP) is 2.69. The van der Waals surface area contributed by atoms with Gasteiger partial charge in [0.15, 0.2) is 11.5 Å². The highest BCUT2D eigenvalue weighted by Gasteiger charge is 2.12. The summed E-state index contributed by atoms with van der Waals surface area (Å²) in [7, 11) is 0. The lowest BCUT2D eigenvalue weighted by atomic mass is 10.2. The van der Waals surface area contributed by atoms with E-state index in [-0.39, 0.29) is 0 Å². The standard InChI is InChI=1S/C11H9ClN4/c1-7-9(12)11-13-10(15-16(11)14-7)8-5-3-2-4-6-8/h2-6H,1H3,(H,13,15). The van der Waals surface area contributed by atoms with Crippen LogP contribution in [0.2, 0.25) is 5.02 Å². The van der Waals surface area contributed by atoms with Gasteiger partial charge in [-0.15, -0.1) is 9.73 Å². The molecule has 3 aromatic rings. The fraction of sp³-hybridized carbons (Fsp3) is 0.0909. The second-order valence-electron chi connectivity index (χ2n) is 3.58. The zero-order valence-electron chi connectivity index (χ0n) is 8.61. The minimum Gasteiger partial charge on any atom is -0.320 e. The smallest absolute Gasteiger partial charge is 0.175 e. The number of benzene rings is 1. The van der Waals surface area contributed by atoms with Gasteiger partial charge in [0, 0.05) is 5.56 Å². The first-order chi connectivity index (χ1) is 7.75. The Hall–Kier alpha value is -1.81. The van der Waals surface area contributed by atoms with Crippen LogP contribution in [0.15, 0.2) is 30.3 Å². The van der Waals surface area contributed by atoms with Gasteiger partial charge < -0.3 is 4.98 Å². The number of nitrogens with one attached hydrogen (secondary N) is 1. The molecule has 0 bridgehead atoms. The highest BCUT2D eigenvalue weighted by atomic mass is 35.5. The maximum absolute atomic E-state index is 6.09. The van der Waals surface area contributed by atoms with E-state index in [4.69, 9.17) is 11.6 Å². The zero-order chi connectivity index (χ0) is 11.1. The molecule has 0 aliphatic carbocycles. The van der Waals surface area contributed by atoms with Crippen LogP contribution in [-0.4, -0.2) is 19.8 Å². The lowest BCUT2D eigenvalue weighted by Crippen LogP contribution is -1.87. The maximum Gasteiger partial charge on any atom is 0.175 e. The molecule has 0 amide bonds. The molecule has 0 unspecified atom stereocenters. The SMILES string of the molecule is Cc1nn2nc(-c3ccccc3)[nH]c2c1Cl. The summed E-state index contributed by atoms with van der Waals surface area (Å²) in [4.78, 5) is 3.16. The van der Waals surface area contributed by atoms with Crippen LogP contribution in [0.5, 0.6) is 0 Å². The van der Waals surface area contributed by atoms with Gasteiger partial charge in [-0.1, -0.05) is 41.9 Å². The van der Waals surface area contributed by atoms with Gasteiger partial charge in [-0.25, -0.2) is 0 Å². The van der Waals surface area contributed by atoms with Gasteiger partial charge >= 0.3 is 0 Å². The van der Waals surface area contributed by atoms with Crippen LogP contribution in [0.4, 0.5) is 0 Å². The summed E-state index contributed by atoms with van der Waals surface area (Å²) in [5.41, 5.74) is 2.53. The van der Waals surface area contributed by atoms with Crippen molar-refractivity contribution in [2.45, 2.75) is 6.92 Å². The van der Waals surface area contributed by atoms with E-state index in [2.05, 4.69) is 15.2 Å². The van der Waals surface area contributed by atoms with Gasteiger partial charge in [-0.2, -0.15) is 5.10 Å². The molecule has 0 aliphatic rings. The Labute approximate surface area is 96.9 Å². The van der Waals surface area contributed by atoms with E-state index in [1.54, 1.807) is 0 Å². The van der Waals surface area contributed by atoms with Crippen molar-refractivity contribution in [3.05, 3.63) is 41.0 Å². The average Bonchev–Trinajstić information content (AvgIpc) is 2.82. The van der Waals surface area contributed by atoms with Gasteiger partial charge in [0.2, 0.25) is 0 Å². The summed E-state index contributed by atoms with van der Waals surface area (Å²) in [6.07, 6.45) is 0. The van der Waals surface area contributed by atoms with Crippen molar-refractivity contribution in [2.24, 2.45) is 0 Å². The molecule has 3 rings (SSSR count). The first-order valence-electron chi connectivity index (χ1n) is 4.92. The molecule has 0 atom stereocenters. The van der Waals surface area contributed by atoms with Crippen LogP contribution in [0.3, 0.4) is 0 Å². The Balaban J connectivity index is 2.20. The first kappa shape index (κ1) is 9.42. The van der Waals surface area contributed by atoms with Gasteiger partial charge in [0.1, 0.15) is 5.02 Å². The van der Waals surface area contributed by atoms with E-state index in [9.17, 15) is 0 Å². The van der Waals surface area contributed by atoms with Gasteiger partial charge in [0.25, 0.3) is 0 Å². The summed E-state index contributed by atoms with van der Waals surface area (Å²) < 4.78 is 1.53. The molecule has 0 aliphatic heterocycles. The number of aromatic amines is 1. The fourth-order valence-electron chi connectivity index (χ4n) is 1.63. The van der Waals surface area contributed by atoms with Crippen molar-refractivity contribution in [3.8, 4) is 11.4 Å². The topological polar surface area (TPSA) is 46.0 Å². The molecule has 1 N–H and O–H groups in total. The van der Waals surface area contributed by atoms with Crippen molar-refractivity contribution in [3.63, 3.8) is 0 Å². The number of aromatic nitrogens is 4. The predicted molar refractivity (Wildman–Crippen MR) is 62.5 cm³/mol. The van der Waals surface area contributed by atoms with Gasteiger partial charge in [0.05, 0.1) is 5.69 Å². The number of H-pyrrole nitrogens is 1. The molecular formula is C11H9ClN4. The Morgan fingerprint density at radius 3 is 2.62 bits per heavy atom. The van der Waals surface area contributed by atoms with Gasteiger partial charge in [-0.05, 0) is 6.92 Å². The number of nitrogens with zero attached hydrogens (tertiary/aromatic N) is 3. The number of halogens is 1. The van der Waals surface area contributed by atoms with Crippen LogP contribution in [0, 0.1) is 6.92 Å². The molecule has 1 aromatic carbocycles. The molecule has 16 heavy (non-hydrogen) atoms. The molecule has 4 nitrogen and oxygen atoms in total. The molecule has 5 heteroatoms. The number of aryl methyl sites for hydroxylation is 1. The first-order valence-corrected chi connectivity index (χ1v) is 5.30. The second kappa shape index (κ2) is 3.35. The van der Waals surface area contributed by atoms with Crippen molar-refractivity contribution >= 4 is 17.2 Å². The Bertz CT molecular complexity index is 639. The molecule has 80 valence electrons. The summed E-state index contributed by atoms with van der Waals surface area (Å²) >= 11 is 6.09. The van der Waals surface area contributed by atoms with E-state index >= 15 is 0 Å². The van der Waals surface area contributed by atoms with Crippen LogP contribution in [0.1, 0.15) is 5.69 Å². The molecular weight excluding hydrogens is 224 g/mol. The number of rotatable bonds is 1. The highest BCUT2D eigenvalue weighted by Crippen LogP contribution is 2.22. The third-order valence-electron chi connectivity index (χ3n) is 2.45. The monoisotopic (exact) mass is 232 g/mol. The average molecular weight is 233 g/mol. The van der Waals surface area contributed by atoms with Crippen molar-refractivity contribution in [1.29, 1.82) is 0 Å². The van der Waals surface area contributed by atoms with Crippen LogP contribution < -0.4 is 0 Å². The van der Waals surface area contributed by atoms with E-state index in [0.29, 0.717) is 5.02 Å². The quantitative estimate of drug-likeness (QED) is 0.701. The number of fused-ring (bicyclic) bond motifs is 1. The van der Waals surface area contributed by atoms with Crippen LogP contribution in [0.25, 0.3) is 17.0 Å². The molecule has 0 fully saturated rings. The minimum atomic E-state index is 0.620. The largest absolute Gasteiger partial charge is 0.320 e. The lowest BCUT2D eigenvalue weighted by Gasteiger charge is -1.93. The molecule has 0 saturated carbocycles. The molecule has 2 heterocycles. The maximum atomic E-state index is 6.09. The zero-order valence-corrected chi connectivity index (χ0v) is 9.36. The normalized spacial score (nSPS) is 11.1. The molecule has 0 radical (unpaired) electrons. The van der Waals surface area contributed by atoms with Crippen LogP contribution >= 0.6 is 11.6 Å². The van der Waals surface area contributed by atoms with Crippen molar-refractivity contribution in [1.82, 2.24) is 19.8 Å². The van der Waals surface area contributed by atoms with Gasteiger partial charge in [-0.3, -0.25) is 0 Å². The molecule has 0 saturated heterocycles. The third kappa shape index (κ3) is 1.31. The minimum absolute atomic E-state index is 0.620. The summed E-state index contributed by atoms with van der Waals surface area (Å²) in [5.74, 6) is 0.769. The van der Waals surface area contributed by atoms with Crippen molar-refractivity contribution in [2.75, 3.05) is 0 Å². The van der Waals surface area contributed by atoms with Crippen LogP contribution in [-0.2, 0) is 0 Å². The number of hydrogen-bond acceptors (Lipinski definition) is 2. The summed E-state index contributed by atoms with van der Waals surface area (Å²) in [5, 5.41) is 9.15. The van der Waals surface area contributed by atoms with E-state index < -0.39 is 0 Å². The third-order valence-corrected chi connectivity index (χ3v) is 2.90. The second-order valence-corrected chi connectivity index (χ2v) is 3.96. The molecule has 0 spiro atoms. The Morgan fingerprint density at radius 1 is 1.19 bits per heavy atom. The summed E-state index contributed by atoms with van der Waals surface area (Å²) in [6, 6.07) is 9.87. The fourth-order valence-corrected chi connectivity index (χ4v) is 1.79. The van der Waals surface area contributed by atoms with E-state index in [0.717, 1.165) is 22.7 Å². The lowest BCUT2D eigenvalue weighted by molar-refractivity contribution is 0.810. The Kier molecular flexibility index (Phi) is 1.97. The molecule has 2 aromatic heterocycles. The van der Waals surface area contributed by atoms with E-state index in [1.807, 2.05) is 37.3 Å². The Morgan fingerprint density at radius 2 is 1.94 bits per heavy atom. The van der Waals surface area contributed by atoms with Crippen molar-refractivity contribution < 1.29 is 0 Å². The van der Waals surface area contributed by atoms with E-state index in [1.165, 1.54) is 4.63 Å². The number of hydrogen-bond donors (Lipinski definition) is 1.